The summed E-state index contributed by atoms with van der Waals surface area (Å²) in [4.78, 5) is 14.0. The molecule has 1 aromatic carbocycles. The van der Waals surface area contributed by atoms with Gasteiger partial charge in [-0.2, -0.15) is 0 Å². The summed E-state index contributed by atoms with van der Waals surface area (Å²) >= 11 is 5.80. The number of carbonyl (C=O) groups excluding carboxylic acids is 1. The number of nitrogens with zero attached hydrogens (tertiary/aromatic N) is 1. The normalized spacial score (nSPS) is 16.7. The van der Waals surface area contributed by atoms with E-state index in [2.05, 4.69) is 22.3 Å². The lowest BCUT2D eigenvalue weighted by molar-refractivity contribution is -0.115. The van der Waals surface area contributed by atoms with Gasteiger partial charge < -0.3 is 10.2 Å². The van der Waals surface area contributed by atoms with Crippen LogP contribution in [0.2, 0.25) is 0 Å². The Morgan fingerprint density at radius 1 is 1.39 bits per heavy atom. The van der Waals surface area contributed by atoms with E-state index in [4.69, 9.17) is 11.6 Å². The Hall–Kier alpha value is -1.22. The fourth-order valence-corrected chi connectivity index (χ4v) is 2.27. The van der Waals surface area contributed by atoms with Crippen molar-refractivity contribution in [1.29, 1.82) is 0 Å². The predicted molar refractivity (Wildman–Crippen MR) is 76.6 cm³/mol. The molecule has 18 heavy (non-hydrogen) atoms. The van der Waals surface area contributed by atoms with E-state index in [0.717, 1.165) is 30.0 Å². The molecule has 4 heteroatoms. The highest BCUT2D eigenvalue weighted by Gasteiger charge is 2.18. The maximum atomic E-state index is 11.7. The molecule has 0 saturated carbocycles. The van der Waals surface area contributed by atoms with Crippen LogP contribution in [0.25, 0.3) is 0 Å². The van der Waals surface area contributed by atoms with Crippen LogP contribution in [0.3, 0.4) is 0 Å². The smallest absolute Gasteiger partial charge is 0.242 e. The zero-order valence-corrected chi connectivity index (χ0v) is 11.6. The van der Waals surface area contributed by atoms with Gasteiger partial charge in [0.25, 0.3) is 0 Å². The number of carbonyl (C=O) groups is 1. The standard InChI is InChI=1S/C14H19ClN2O/c1-10-5-6-13(17-7-3-4-8-17)12(9-10)16-14(18)11(2)15/h5-6,9,11H,3-4,7-8H2,1-2H3,(H,16,18)/t11-/m1/s1. The summed E-state index contributed by atoms with van der Waals surface area (Å²) in [6.07, 6.45) is 2.43. The lowest BCUT2D eigenvalue weighted by Crippen LogP contribution is -2.24. The molecule has 0 bridgehead atoms. The molecule has 1 aromatic rings. The lowest BCUT2D eigenvalue weighted by atomic mass is 10.1. The zero-order chi connectivity index (χ0) is 13.1. The van der Waals surface area contributed by atoms with Gasteiger partial charge in [0.1, 0.15) is 5.38 Å². The molecule has 3 nitrogen and oxygen atoms in total. The van der Waals surface area contributed by atoms with Crippen molar-refractivity contribution < 1.29 is 4.79 Å². The Labute approximate surface area is 113 Å². The summed E-state index contributed by atoms with van der Waals surface area (Å²) in [7, 11) is 0. The minimum absolute atomic E-state index is 0.150. The fraction of sp³-hybridized carbons (Fsp3) is 0.500. The first kappa shape index (κ1) is 13.2. The van der Waals surface area contributed by atoms with Crippen molar-refractivity contribution in [1.82, 2.24) is 0 Å². The molecule has 0 spiro atoms. The average Bonchev–Trinajstić information content (AvgIpc) is 2.82. The monoisotopic (exact) mass is 266 g/mol. The second-order valence-corrected chi connectivity index (χ2v) is 5.47. The van der Waals surface area contributed by atoms with Crippen LogP contribution in [0.4, 0.5) is 11.4 Å². The molecule has 1 saturated heterocycles. The Morgan fingerprint density at radius 2 is 2.06 bits per heavy atom. The minimum Gasteiger partial charge on any atom is -0.370 e. The maximum absolute atomic E-state index is 11.7. The Kier molecular flexibility index (Phi) is 4.12. The van der Waals surface area contributed by atoms with Gasteiger partial charge in [0.2, 0.25) is 5.91 Å². The van der Waals surface area contributed by atoms with E-state index in [-0.39, 0.29) is 5.91 Å². The van der Waals surface area contributed by atoms with Crippen LogP contribution in [-0.2, 0) is 4.79 Å². The summed E-state index contributed by atoms with van der Waals surface area (Å²) in [6.45, 7) is 5.82. The number of benzene rings is 1. The third-order valence-electron chi connectivity index (χ3n) is 3.22. The zero-order valence-electron chi connectivity index (χ0n) is 10.9. The third kappa shape index (κ3) is 2.96. The number of amides is 1. The number of aryl methyl sites for hydroxylation is 1. The van der Waals surface area contributed by atoms with Gasteiger partial charge in [-0.1, -0.05) is 6.07 Å². The first-order chi connectivity index (χ1) is 8.58. The molecule has 1 N–H and O–H groups in total. The van der Waals surface area contributed by atoms with Crippen LogP contribution < -0.4 is 10.2 Å². The van der Waals surface area contributed by atoms with Gasteiger partial charge >= 0.3 is 0 Å². The molecule has 1 atom stereocenters. The quantitative estimate of drug-likeness (QED) is 0.853. The molecule has 0 aliphatic carbocycles. The molecule has 1 amide bonds. The van der Waals surface area contributed by atoms with E-state index < -0.39 is 5.38 Å². The summed E-state index contributed by atoms with van der Waals surface area (Å²) in [5.41, 5.74) is 3.11. The number of halogens is 1. The molecule has 1 aliphatic rings. The van der Waals surface area contributed by atoms with Gasteiger partial charge in [-0.05, 0) is 44.4 Å². The second-order valence-electron chi connectivity index (χ2n) is 4.82. The van der Waals surface area contributed by atoms with E-state index in [0.29, 0.717) is 0 Å². The highest BCUT2D eigenvalue weighted by Crippen LogP contribution is 2.30. The Morgan fingerprint density at radius 3 is 2.67 bits per heavy atom. The SMILES string of the molecule is Cc1ccc(N2CCCC2)c(NC(=O)[C@@H](C)Cl)c1. The summed E-state index contributed by atoms with van der Waals surface area (Å²) < 4.78 is 0. The molecule has 1 heterocycles. The van der Waals surface area contributed by atoms with Crippen LogP contribution in [0.1, 0.15) is 25.3 Å². The number of hydrogen-bond acceptors (Lipinski definition) is 2. The van der Waals surface area contributed by atoms with Crippen LogP contribution in [0, 0.1) is 6.92 Å². The summed E-state index contributed by atoms with van der Waals surface area (Å²) in [6, 6.07) is 6.16. The van der Waals surface area contributed by atoms with Crippen molar-refractivity contribution in [3.05, 3.63) is 23.8 Å². The van der Waals surface area contributed by atoms with Gasteiger partial charge in [-0.3, -0.25) is 4.79 Å². The molecule has 1 fully saturated rings. The molecule has 2 rings (SSSR count). The number of anilines is 2. The molecule has 0 radical (unpaired) electrons. The molecule has 98 valence electrons. The largest absolute Gasteiger partial charge is 0.370 e. The molecule has 0 aromatic heterocycles. The first-order valence-electron chi connectivity index (χ1n) is 6.38. The molecule has 0 unspecified atom stereocenters. The lowest BCUT2D eigenvalue weighted by Gasteiger charge is -2.22. The van der Waals surface area contributed by atoms with Crippen LogP contribution >= 0.6 is 11.6 Å². The van der Waals surface area contributed by atoms with Gasteiger partial charge in [0, 0.05) is 13.1 Å². The Balaban J connectivity index is 2.25. The summed E-state index contributed by atoms with van der Waals surface area (Å²) in [5, 5.41) is 2.40. The fourth-order valence-electron chi connectivity index (χ4n) is 2.22. The van der Waals surface area contributed by atoms with Crippen LogP contribution in [-0.4, -0.2) is 24.4 Å². The first-order valence-corrected chi connectivity index (χ1v) is 6.82. The van der Waals surface area contributed by atoms with E-state index >= 15 is 0 Å². The Bertz CT molecular complexity index is 439. The van der Waals surface area contributed by atoms with E-state index in [1.165, 1.54) is 12.8 Å². The van der Waals surface area contributed by atoms with Gasteiger partial charge in [-0.25, -0.2) is 0 Å². The van der Waals surface area contributed by atoms with Crippen molar-refractivity contribution in [2.75, 3.05) is 23.3 Å². The maximum Gasteiger partial charge on any atom is 0.242 e. The number of rotatable bonds is 3. The number of alkyl halides is 1. The third-order valence-corrected chi connectivity index (χ3v) is 3.42. The van der Waals surface area contributed by atoms with Crippen LogP contribution in [0.15, 0.2) is 18.2 Å². The van der Waals surface area contributed by atoms with E-state index in [1.54, 1.807) is 6.92 Å². The number of hydrogen-bond donors (Lipinski definition) is 1. The summed E-state index contributed by atoms with van der Waals surface area (Å²) in [5.74, 6) is -0.150. The van der Waals surface area contributed by atoms with Crippen molar-refractivity contribution in [2.24, 2.45) is 0 Å². The van der Waals surface area contributed by atoms with Gasteiger partial charge in [0.05, 0.1) is 11.4 Å². The van der Waals surface area contributed by atoms with Crippen molar-refractivity contribution >= 4 is 28.9 Å². The molecule has 1 aliphatic heterocycles. The predicted octanol–water partition coefficient (Wildman–Crippen LogP) is 3.16. The van der Waals surface area contributed by atoms with E-state index in [9.17, 15) is 4.79 Å². The minimum atomic E-state index is -0.517. The average molecular weight is 267 g/mol. The topological polar surface area (TPSA) is 32.3 Å². The van der Waals surface area contributed by atoms with Crippen molar-refractivity contribution in [2.45, 2.75) is 32.1 Å². The van der Waals surface area contributed by atoms with Gasteiger partial charge in [-0.15, -0.1) is 11.6 Å². The van der Waals surface area contributed by atoms with Crippen molar-refractivity contribution in [3.63, 3.8) is 0 Å². The molecular weight excluding hydrogens is 248 g/mol. The number of nitrogens with one attached hydrogen (secondary N) is 1. The highest BCUT2D eigenvalue weighted by atomic mass is 35.5. The van der Waals surface area contributed by atoms with E-state index in [1.807, 2.05) is 13.0 Å². The highest BCUT2D eigenvalue weighted by molar-refractivity contribution is 6.32. The van der Waals surface area contributed by atoms with Crippen molar-refractivity contribution in [3.8, 4) is 0 Å². The molecular formula is C14H19ClN2O. The van der Waals surface area contributed by atoms with Crippen LogP contribution in [0.5, 0.6) is 0 Å². The van der Waals surface area contributed by atoms with Gasteiger partial charge in [0.15, 0.2) is 0 Å². The second kappa shape index (κ2) is 5.61.